The summed E-state index contributed by atoms with van der Waals surface area (Å²) in [5.74, 6) is 0.813. The fourth-order valence-corrected chi connectivity index (χ4v) is 2.14. The maximum absolute atomic E-state index is 12.0. The molecule has 2 rings (SSSR count). The summed E-state index contributed by atoms with van der Waals surface area (Å²) in [5.41, 5.74) is 1.66. The first kappa shape index (κ1) is 16.8. The van der Waals surface area contributed by atoms with Crippen LogP contribution in [0, 0.1) is 0 Å². The van der Waals surface area contributed by atoms with Crippen molar-refractivity contribution in [3.8, 4) is 0 Å². The second-order valence-corrected chi connectivity index (χ2v) is 5.47. The molecule has 0 bridgehead atoms. The van der Waals surface area contributed by atoms with Gasteiger partial charge in [-0.3, -0.25) is 0 Å². The Labute approximate surface area is 136 Å². The maximum Gasteiger partial charge on any atom is 0.319 e. The van der Waals surface area contributed by atoms with E-state index < -0.39 is 0 Å². The van der Waals surface area contributed by atoms with E-state index in [1.165, 1.54) is 0 Å². The van der Waals surface area contributed by atoms with Gasteiger partial charge in [0.1, 0.15) is 5.82 Å². The first-order valence-electron chi connectivity index (χ1n) is 7.44. The van der Waals surface area contributed by atoms with Crippen LogP contribution in [-0.2, 0) is 6.42 Å². The van der Waals surface area contributed by atoms with Crippen LogP contribution >= 0.6 is 0 Å². The Balaban J connectivity index is 1.89. The van der Waals surface area contributed by atoms with Crippen molar-refractivity contribution in [2.45, 2.75) is 12.5 Å². The summed E-state index contributed by atoms with van der Waals surface area (Å²) in [6.45, 7) is -0.125. The number of aromatic nitrogens is 1. The third-order valence-corrected chi connectivity index (χ3v) is 3.34. The Kier molecular flexibility index (Phi) is 5.94. The van der Waals surface area contributed by atoms with E-state index in [0.29, 0.717) is 12.1 Å². The summed E-state index contributed by atoms with van der Waals surface area (Å²) in [6.07, 6.45) is 2.17. The van der Waals surface area contributed by atoms with E-state index in [0.717, 1.165) is 11.4 Å². The number of hydrogen-bond acceptors (Lipinski definition) is 4. The van der Waals surface area contributed by atoms with Crippen LogP contribution in [0.1, 0.15) is 5.56 Å². The van der Waals surface area contributed by atoms with E-state index in [1.807, 2.05) is 55.4 Å². The molecule has 3 N–H and O–H groups in total. The summed E-state index contributed by atoms with van der Waals surface area (Å²) >= 11 is 0. The van der Waals surface area contributed by atoms with Crippen molar-refractivity contribution in [2.24, 2.45) is 0 Å². The van der Waals surface area contributed by atoms with Crippen LogP contribution in [0.15, 0.2) is 48.7 Å². The molecule has 1 aromatic carbocycles. The molecule has 23 heavy (non-hydrogen) atoms. The zero-order valence-electron chi connectivity index (χ0n) is 13.4. The van der Waals surface area contributed by atoms with Gasteiger partial charge in [0.25, 0.3) is 0 Å². The number of anilines is 2. The fourth-order valence-electron chi connectivity index (χ4n) is 2.14. The van der Waals surface area contributed by atoms with Crippen LogP contribution in [-0.4, -0.2) is 42.9 Å². The molecule has 122 valence electrons. The lowest BCUT2D eigenvalue weighted by Crippen LogP contribution is -2.41. The van der Waals surface area contributed by atoms with Crippen molar-refractivity contribution in [1.82, 2.24) is 10.3 Å². The molecule has 0 aliphatic heterocycles. The Morgan fingerprint density at radius 3 is 2.52 bits per heavy atom. The standard InChI is InChI=1S/C17H22N4O2/c1-21(2)16-9-8-14(11-18-16)19-17(23)20-15(12-22)10-13-6-4-3-5-7-13/h3-9,11,15,22H,10,12H2,1-2H3,(H2,19,20,23)/t15-/m1/s1. The molecule has 1 heterocycles. The van der Waals surface area contributed by atoms with Gasteiger partial charge in [0.2, 0.25) is 0 Å². The van der Waals surface area contributed by atoms with Gasteiger partial charge in [0.15, 0.2) is 0 Å². The third kappa shape index (κ3) is 5.27. The number of aliphatic hydroxyl groups excluding tert-OH is 1. The molecule has 6 heteroatoms. The second-order valence-electron chi connectivity index (χ2n) is 5.47. The van der Waals surface area contributed by atoms with Gasteiger partial charge in [0.05, 0.1) is 24.5 Å². The van der Waals surface area contributed by atoms with E-state index in [2.05, 4.69) is 15.6 Å². The minimum Gasteiger partial charge on any atom is -0.394 e. The topological polar surface area (TPSA) is 77.5 Å². The van der Waals surface area contributed by atoms with E-state index in [1.54, 1.807) is 12.3 Å². The number of nitrogens with zero attached hydrogens (tertiary/aromatic N) is 2. The molecular formula is C17H22N4O2. The van der Waals surface area contributed by atoms with Crippen molar-refractivity contribution < 1.29 is 9.90 Å². The summed E-state index contributed by atoms with van der Waals surface area (Å²) < 4.78 is 0. The van der Waals surface area contributed by atoms with Gasteiger partial charge >= 0.3 is 6.03 Å². The van der Waals surface area contributed by atoms with Crippen molar-refractivity contribution in [2.75, 3.05) is 30.9 Å². The number of rotatable bonds is 6. The van der Waals surface area contributed by atoms with Crippen LogP contribution in [0.5, 0.6) is 0 Å². The van der Waals surface area contributed by atoms with Gasteiger partial charge < -0.3 is 20.6 Å². The lowest BCUT2D eigenvalue weighted by Gasteiger charge is -2.17. The van der Waals surface area contributed by atoms with E-state index in [4.69, 9.17) is 0 Å². The molecule has 0 radical (unpaired) electrons. The number of pyridine rings is 1. The fraction of sp³-hybridized carbons (Fsp3) is 0.294. The predicted octanol–water partition coefficient (Wildman–Crippen LogP) is 1.87. The van der Waals surface area contributed by atoms with Crippen molar-refractivity contribution in [3.05, 3.63) is 54.2 Å². The van der Waals surface area contributed by atoms with Gasteiger partial charge in [-0.25, -0.2) is 9.78 Å². The minimum absolute atomic E-state index is 0.125. The molecule has 0 saturated heterocycles. The van der Waals surface area contributed by atoms with Crippen LogP contribution in [0.2, 0.25) is 0 Å². The van der Waals surface area contributed by atoms with Crippen molar-refractivity contribution >= 4 is 17.5 Å². The molecule has 1 atom stereocenters. The van der Waals surface area contributed by atoms with E-state index in [9.17, 15) is 9.90 Å². The Morgan fingerprint density at radius 1 is 1.22 bits per heavy atom. The van der Waals surface area contributed by atoms with E-state index >= 15 is 0 Å². The normalized spacial score (nSPS) is 11.6. The number of nitrogens with one attached hydrogen (secondary N) is 2. The second kappa shape index (κ2) is 8.14. The molecule has 0 saturated carbocycles. The molecule has 1 aromatic heterocycles. The van der Waals surface area contributed by atoms with Gasteiger partial charge in [-0.2, -0.15) is 0 Å². The van der Waals surface area contributed by atoms with Crippen LogP contribution in [0.4, 0.5) is 16.3 Å². The third-order valence-electron chi connectivity index (χ3n) is 3.34. The van der Waals surface area contributed by atoms with Crippen LogP contribution in [0.3, 0.4) is 0 Å². The number of amides is 2. The molecule has 6 nitrogen and oxygen atoms in total. The highest BCUT2D eigenvalue weighted by atomic mass is 16.3. The van der Waals surface area contributed by atoms with Crippen molar-refractivity contribution in [3.63, 3.8) is 0 Å². The summed E-state index contributed by atoms with van der Waals surface area (Å²) in [6, 6.07) is 12.6. The first-order valence-corrected chi connectivity index (χ1v) is 7.44. The molecule has 0 unspecified atom stereocenters. The summed E-state index contributed by atoms with van der Waals surface area (Å²) in [5, 5.41) is 14.9. The van der Waals surface area contributed by atoms with Gasteiger partial charge in [-0.05, 0) is 24.1 Å². The molecule has 0 fully saturated rings. The highest BCUT2D eigenvalue weighted by Crippen LogP contribution is 2.11. The van der Waals surface area contributed by atoms with Gasteiger partial charge in [-0.15, -0.1) is 0 Å². The Bertz CT molecular complexity index is 614. The quantitative estimate of drug-likeness (QED) is 0.761. The number of hydrogen-bond donors (Lipinski definition) is 3. The van der Waals surface area contributed by atoms with Crippen LogP contribution in [0.25, 0.3) is 0 Å². The zero-order chi connectivity index (χ0) is 16.7. The SMILES string of the molecule is CN(C)c1ccc(NC(=O)N[C@@H](CO)Cc2ccccc2)cn1. The highest BCUT2D eigenvalue weighted by molar-refractivity contribution is 5.89. The molecule has 0 aliphatic rings. The molecule has 0 aliphatic carbocycles. The maximum atomic E-state index is 12.0. The Hall–Kier alpha value is -2.60. The number of carbonyl (C=O) groups excluding carboxylic acids is 1. The average molecular weight is 314 g/mol. The number of aliphatic hydroxyl groups is 1. The van der Waals surface area contributed by atoms with Crippen LogP contribution < -0.4 is 15.5 Å². The smallest absolute Gasteiger partial charge is 0.319 e. The number of carbonyl (C=O) groups is 1. The van der Waals surface area contributed by atoms with Gasteiger partial charge in [0, 0.05) is 14.1 Å². The molecule has 2 amide bonds. The molecule has 0 spiro atoms. The lowest BCUT2D eigenvalue weighted by atomic mass is 10.1. The summed E-state index contributed by atoms with van der Waals surface area (Å²) in [7, 11) is 3.80. The summed E-state index contributed by atoms with van der Waals surface area (Å²) in [4.78, 5) is 18.1. The highest BCUT2D eigenvalue weighted by Gasteiger charge is 2.12. The predicted molar refractivity (Wildman–Crippen MR) is 91.7 cm³/mol. The lowest BCUT2D eigenvalue weighted by molar-refractivity contribution is 0.224. The first-order chi connectivity index (χ1) is 11.1. The molecular weight excluding hydrogens is 292 g/mol. The molecule has 2 aromatic rings. The number of benzene rings is 1. The zero-order valence-corrected chi connectivity index (χ0v) is 13.4. The Morgan fingerprint density at radius 2 is 1.96 bits per heavy atom. The number of urea groups is 1. The minimum atomic E-state index is -0.362. The van der Waals surface area contributed by atoms with Gasteiger partial charge in [-0.1, -0.05) is 30.3 Å². The van der Waals surface area contributed by atoms with Crippen molar-refractivity contribution in [1.29, 1.82) is 0 Å². The largest absolute Gasteiger partial charge is 0.394 e. The average Bonchev–Trinajstić information content (AvgIpc) is 2.55. The van der Waals surface area contributed by atoms with E-state index in [-0.39, 0.29) is 18.7 Å². The monoisotopic (exact) mass is 314 g/mol.